The van der Waals surface area contributed by atoms with Crippen LogP contribution in [-0.2, 0) is 18.2 Å². The first-order valence-electron chi connectivity index (χ1n) is 18.1. The first-order valence-corrected chi connectivity index (χ1v) is 20.9. The summed E-state index contributed by atoms with van der Waals surface area (Å²) in [6.45, 7) is 0. The van der Waals surface area contributed by atoms with Crippen LogP contribution in [0.1, 0.15) is 11.1 Å². The Bertz CT molecular complexity index is 2680. The molecule has 0 radical (unpaired) electrons. The number of rotatable bonds is 6. The van der Waals surface area contributed by atoms with Crippen LogP contribution in [0, 0.1) is 0 Å². The fourth-order valence-corrected chi connectivity index (χ4v) is 12.0. The molecule has 0 fully saturated rings. The molecule has 0 saturated heterocycles. The van der Waals surface area contributed by atoms with Gasteiger partial charge in [-0.1, -0.05) is 163 Å². The summed E-state index contributed by atoms with van der Waals surface area (Å²) in [5.74, 6) is 0. The van der Waals surface area contributed by atoms with Crippen molar-refractivity contribution < 1.29 is 0 Å². The Morgan fingerprint density at radius 3 is 1.72 bits per heavy atom. The van der Waals surface area contributed by atoms with Crippen molar-refractivity contribution in [1.82, 2.24) is 0 Å². The van der Waals surface area contributed by atoms with E-state index < -0.39 is 6.04 Å². The molecule has 1 aliphatic carbocycles. The SMILES string of the molecule is S=P(c1ccccc1)(c1ccccc1)c1cccc(-c2ccc3c(c2)N(c2ccccc2)c2cc4cccc5c4c(c2N3c2ccccc2)CC=C5)c1. The maximum atomic E-state index is 6.77. The van der Waals surface area contributed by atoms with E-state index in [0.29, 0.717) is 0 Å². The maximum absolute atomic E-state index is 6.77. The van der Waals surface area contributed by atoms with Gasteiger partial charge in [-0.3, -0.25) is 0 Å². The smallest absolute Gasteiger partial charge is 0.0745 e. The maximum Gasteiger partial charge on any atom is 0.0745 e. The van der Waals surface area contributed by atoms with Crippen LogP contribution in [0.4, 0.5) is 34.1 Å². The highest BCUT2D eigenvalue weighted by molar-refractivity contribution is 8.25. The van der Waals surface area contributed by atoms with Crippen molar-refractivity contribution in [2.45, 2.75) is 6.42 Å². The van der Waals surface area contributed by atoms with Crippen LogP contribution in [-0.4, -0.2) is 0 Å². The Labute approximate surface area is 315 Å². The van der Waals surface area contributed by atoms with E-state index in [9.17, 15) is 0 Å². The van der Waals surface area contributed by atoms with E-state index >= 15 is 0 Å². The van der Waals surface area contributed by atoms with Crippen LogP contribution >= 0.6 is 6.04 Å². The van der Waals surface area contributed by atoms with Crippen molar-refractivity contribution in [3.05, 3.63) is 205 Å². The summed E-state index contributed by atoms with van der Waals surface area (Å²) in [5.41, 5.74) is 11.9. The Kier molecular flexibility index (Phi) is 7.72. The lowest BCUT2D eigenvalue weighted by atomic mass is 9.88. The molecule has 0 N–H and O–H groups in total. The van der Waals surface area contributed by atoms with Crippen molar-refractivity contribution >= 4 is 84.7 Å². The second-order valence-electron chi connectivity index (χ2n) is 13.7. The van der Waals surface area contributed by atoms with Gasteiger partial charge in [0.05, 0.1) is 22.7 Å². The van der Waals surface area contributed by atoms with Gasteiger partial charge in [0.2, 0.25) is 0 Å². The van der Waals surface area contributed by atoms with E-state index in [1.165, 1.54) is 49.2 Å². The van der Waals surface area contributed by atoms with Crippen LogP contribution in [0.3, 0.4) is 0 Å². The standard InChI is InChI=1S/C49H35N2PS/c53-52(41-24-9-3-10-25-41,42-26-11-4-12-27-42)43-28-14-18-36(32-43)37-30-31-45-46(33-37)50(39-20-5-1-6-21-39)47-34-38-19-13-16-35-17-15-29-44(48(35)38)49(47)51(45)40-22-7-2-8-23-40/h1-28,30-34H,29H2. The van der Waals surface area contributed by atoms with Crippen molar-refractivity contribution in [3.63, 3.8) is 0 Å². The number of anilines is 6. The van der Waals surface area contributed by atoms with Gasteiger partial charge in [0.25, 0.3) is 0 Å². The molecule has 8 aromatic carbocycles. The monoisotopic (exact) mass is 714 g/mol. The van der Waals surface area contributed by atoms with Gasteiger partial charge in [0.15, 0.2) is 0 Å². The molecule has 0 aromatic heterocycles. The first kappa shape index (κ1) is 31.7. The highest BCUT2D eigenvalue weighted by Gasteiger charge is 2.34. The number of para-hydroxylation sites is 2. The average molecular weight is 715 g/mol. The molecule has 0 amide bonds. The molecule has 0 bridgehead atoms. The molecule has 4 heteroatoms. The fraction of sp³-hybridized carbons (Fsp3) is 0.0204. The van der Waals surface area contributed by atoms with Crippen LogP contribution in [0.25, 0.3) is 28.0 Å². The predicted octanol–water partition coefficient (Wildman–Crippen LogP) is 12.1. The van der Waals surface area contributed by atoms with Gasteiger partial charge < -0.3 is 9.80 Å². The molecule has 252 valence electrons. The zero-order valence-corrected chi connectivity index (χ0v) is 30.7. The molecular weight excluding hydrogens is 680 g/mol. The third kappa shape index (κ3) is 5.19. The first-order chi connectivity index (χ1) is 26.2. The lowest BCUT2D eigenvalue weighted by Crippen LogP contribution is -2.26. The van der Waals surface area contributed by atoms with Gasteiger partial charge in [-0.05, 0) is 104 Å². The molecule has 53 heavy (non-hydrogen) atoms. The Morgan fingerprint density at radius 2 is 1.04 bits per heavy atom. The number of allylic oxidation sites excluding steroid dienone is 1. The highest BCUT2D eigenvalue weighted by Crippen LogP contribution is 2.58. The van der Waals surface area contributed by atoms with Crippen molar-refractivity contribution in [1.29, 1.82) is 0 Å². The van der Waals surface area contributed by atoms with E-state index in [1.807, 2.05) is 0 Å². The van der Waals surface area contributed by atoms with Crippen LogP contribution in [0.15, 0.2) is 194 Å². The van der Waals surface area contributed by atoms with E-state index in [4.69, 9.17) is 11.8 Å². The highest BCUT2D eigenvalue weighted by atomic mass is 32.4. The largest absolute Gasteiger partial charge is 0.306 e. The molecule has 1 heterocycles. The Morgan fingerprint density at radius 1 is 0.453 bits per heavy atom. The van der Waals surface area contributed by atoms with E-state index in [0.717, 1.165) is 40.3 Å². The molecule has 0 atom stereocenters. The second kappa shape index (κ2) is 12.9. The van der Waals surface area contributed by atoms with Gasteiger partial charge in [-0.15, -0.1) is 0 Å². The van der Waals surface area contributed by atoms with E-state index in [1.54, 1.807) is 0 Å². The third-order valence-electron chi connectivity index (χ3n) is 10.6. The predicted molar refractivity (Wildman–Crippen MR) is 231 cm³/mol. The number of benzene rings is 8. The molecule has 0 spiro atoms. The summed E-state index contributed by atoms with van der Waals surface area (Å²) in [4.78, 5) is 4.95. The summed E-state index contributed by atoms with van der Waals surface area (Å²) in [7, 11) is 0. The van der Waals surface area contributed by atoms with Gasteiger partial charge >= 0.3 is 0 Å². The molecule has 2 aliphatic rings. The Hall–Kier alpha value is -5.99. The van der Waals surface area contributed by atoms with Crippen LogP contribution in [0.5, 0.6) is 0 Å². The molecule has 2 nitrogen and oxygen atoms in total. The summed E-state index contributed by atoms with van der Waals surface area (Å²) >= 11 is 6.77. The van der Waals surface area contributed by atoms with Gasteiger partial charge in [0, 0.05) is 17.4 Å². The normalized spacial score (nSPS) is 13.1. The third-order valence-corrected chi connectivity index (χ3v) is 15.6. The molecule has 1 aliphatic heterocycles. The number of fused-ring (bicyclic) bond motifs is 3. The van der Waals surface area contributed by atoms with Gasteiger partial charge in [-0.2, -0.15) is 0 Å². The summed E-state index contributed by atoms with van der Waals surface area (Å²) < 4.78 is 0. The minimum Gasteiger partial charge on any atom is -0.306 e. The summed E-state index contributed by atoms with van der Waals surface area (Å²) in [6.07, 6.45) is 5.46. The summed E-state index contributed by atoms with van der Waals surface area (Å²) in [5, 5.41) is 6.18. The topological polar surface area (TPSA) is 6.48 Å². The van der Waals surface area contributed by atoms with E-state index in [-0.39, 0.29) is 0 Å². The van der Waals surface area contributed by atoms with Crippen molar-refractivity contribution in [2.75, 3.05) is 9.80 Å². The molecular formula is C49H35N2PS. The van der Waals surface area contributed by atoms with Gasteiger partial charge in [0.1, 0.15) is 0 Å². The van der Waals surface area contributed by atoms with Crippen molar-refractivity contribution in [2.24, 2.45) is 0 Å². The van der Waals surface area contributed by atoms with Crippen LogP contribution < -0.4 is 25.7 Å². The second-order valence-corrected chi connectivity index (χ2v) is 18.1. The minimum atomic E-state index is -2.32. The van der Waals surface area contributed by atoms with E-state index in [2.05, 4.69) is 210 Å². The molecule has 10 rings (SSSR count). The molecule has 0 saturated carbocycles. The number of nitrogens with zero attached hydrogens (tertiary/aromatic N) is 2. The van der Waals surface area contributed by atoms with Gasteiger partial charge in [-0.25, -0.2) is 0 Å². The molecule has 8 aromatic rings. The number of hydrogen-bond acceptors (Lipinski definition) is 3. The van der Waals surface area contributed by atoms with Crippen LogP contribution in [0.2, 0.25) is 0 Å². The quantitative estimate of drug-likeness (QED) is 0.158. The number of hydrogen-bond donors (Lipinski definition) is 0. The fourth-order valence-electron chi connectivity index (χ4n) is 8.23. The molecule has 0 unspecified atom stereocenters. The zero-order chi connectivity index (χ0) is 35.4. The zero-order valence-electron chi connectivity index (χ0n) is 29.0. The lowest BCUT2D eigenvalue weighted by molar-refractivity contribution is 1.14. The Balaban J connectivity index is 1.21. The summed E-state index contributed by atoms with van der Waals surface area (Å²) in [6, 6.07) is 65.7. The van der Waals surface area contributed by atoms with Crippen molar-refractivity contribution in [3.8, 4) is 11.1 Å². The average Bonchev–Trinajstić information content (AvgIpc) is 3.24. The lowest BCUT2D eigenvalue weighted by Gasteiger charge is -2.42. The minimum absolute atomic E-state index is 0.873.